The molecule has 0 N–H and O–H groups in total. The second-order valence-corrected chi connectivity index (χ2v) is 23.6. The highest BCUT2D eigenvalue weighted by Gasteiger charge is 2.22. The van der Waals surface area contributed by atoms with Crippen molar-refractivity contribution in [2.75, 3.05) is 0 Å². The molecule has 0 fully saturated rings. The molecule has 0 unspecified atom stereocenters. The molecule has 0 nitrogen and oxygen atoms in total. The van der Waals surface area contributed by atoms with Gasteiger partial charge in [0, 0.05) is 64.4 Å². The van der Waals surface area contributed by atoms with Crippen LogP contribution in [-0.2, 0) is 25.7 Å². The second-order valence-electron chi connectivity index (χ2n) is 17.0. The van der Waals surface area contributed by atoms with Crippen molar-refractivity contribution >= 4 is 68.0 Å². The fraction of sp³-hybridized carbons (Fsp3) is 0.481. The molecule has 1 aliphatic carbocycles. The van der Waals surface area contributed by atoms with Crippen molar-refractivity contribution in [2.45, 2.75) is 169 Å². The van der Waals surface area contributed by atoms with Gasteiger partial charge < -0.3 is 0 Å². The van der Waals surface area contributed by atoms with Crippen LogP contribution in [0.15, 0.2) is 72.8 Å². The summed E-state index contributed by atoms with van der Waals surface area (Å²) >= 11 is 12.2. The van der Waals surface area contributed by atoms with E-state index in [1.807, 2.05) is 45.3 Å². The fourth-order valence-electron chi connectivity index (χ4n) is 8.61. The van der Waals surface area contributed by atoms with Crippen molar-refractivity contribution in [1.82, 2.24) is 0 Å². The predicted molar refractivity (Wildman–Crippen MR) is 278 cm³/mol. The summed E-state index contributed by atoms with van der Waals surface area (Å²) in [5.74, 6) is 0.429. The Morgan fingerprint density at radius 3 is 1.15 bits per heavy atom. The average molecular weight is 910 g/mol. The molecule has 0 bridgehead atoms. The molecule has 1 aliphatic rings. The van der Waals surface area contributed by atoms with Crippen molar-refractivity contribution in [2.24, 2.45) is 0 Å². The van der Waals surface area contributed by atoms with Gasteiger partial charge in [-0.05, 0) is 129 Å². The third-order valence-corrected chi connectivity index (χ3v) is 19.8. The van der Waals surface area contributed by atoms with Gasteiger partial charge >= 0.3 is 0 Å². The molecule has 6 heterocycles. The Labute approximate surface area is 387 Å². The van der Waals surface area contributed by atoms with Crippen LogP contribution in [0.5, 0.6) is 0 Å². The van der Waals surface area contributed by atoms with Gasteiger partial charge in [0.25, 0.3) is 0 Å². The number of allylic oxidation sites excluding steroid dienone is 4. The standard InChI is InChI=1S/C54H68S6/c1-6-10-14-18-26-40-34-38(5)55-51(40)44-30-31-46(56-44)53-42(28-20-16-12-8-3)36-49(59-53)50-37-43(29-21-17-13-9-4)54(60-50)47-33-32-45(57-47)52-41(27-19-15-11-7-2)35-48(58-52)39-24-22-23-25-39/h22-25,30-37,39H,6-21,26-29H2,1-5H3. The van der Waals surface area contributed by atoms with E-state index >= 15 is 0 Å². The van der Waals surface area contributed by atoms with Gasteiger partial charge in [0.15, 0.2) is 0 Å². The van der Waals surface area contributed by atoms with Gasteiger partial charge in [0.05, 0.1) is 0 Å². The first kappa shape index (κ1) is 45.7. The monoisotopic (exact) mass is 908 g/mol. The van der Waals surface area contributed by atoms with E-state index in [1.165, 1.54) is 187 Å². The van der Waals surface area contributed by atoms with Crippen LogP contribution in [0.3, 0.4) is 0 Å². The molecule has 6 aromatic heterocycles. The maximum absolute atomic E-state index is 2.60. The van der Waals surface area contributed by atoms with E-state index in [0.29, 0.717) is 5.92 Å². The van der Waals surface area contributed by atoms with E-state index < -0.39 is 0 Å². The van der Waals surface area contributed by atoms with Gasteiger partial charge in [-0.3, -0.25) is 0 Å². The predicted octanol–water partition coefficient (Wildman–Crippen LogP) is 20.4. The normalized spacial score (nSPS) is 12.9. The number of hydrogen-bond acceptors (Lipinski definition) is 6. The smallest absolute Gasteiger partial charge is 0.0481 e. The first-order chi connectivity index (χ1) is 29.5. The summed E-state index contributed by atoms with van der Waals surface area (Å²) in [6.45, 7) is 11.6. The quantitative estimate of drug-likeness (QED) is 0.0476. The van der Waals surface area contributed by atoms with E-state index in [9.17, 15) is 0 Å². The molecule has 6 heteroatoms. The molecule has 320 valence electrons. The number of aryl methyl sites for hydroxylation is 5. The van der Waals surface area contributed by atoms with Gasteiger partial charge in [-0.15, -0.1) is 68.0 Å². The minimum Gasteiger partial charge on any atom is -0.139 e. The summed E-state index contributed by atoms with van der Waals surface area (Å²) in [5, 5.41) is 0. The van der Waals surface area contributed by atoms with Crippen LogP contribution in [0.25, 0.3) is 48.8 Å². The summed E-state index contributed by atoms with van der Waals surface area (Å²) in [6, 6.07) is 20.0. The molecule has 60 heavy (non-hydrogen) atoms. The van der Waals surface area contributed by atoms with Crippen molar-refractivity contribution in [3.63, 3.8) is 0 Å². The highest BCUT2D eigenvalue weighted by atomic mass is 32.1. The van der Waals surface area contributed by atoms with Crippen LogP contribution >= 0.6 is 68.0 Å². The summed E-state index contributed by atoms with van der Waals surface area (Å²) in [4.78, 5) is 17.7. The lowest BCUT2D eigenvalue weighted by Crippen LogP contribution is -1.86. The van der Waals surface area contributed by atoms with E-state index in [2.05, 4.69) is 130 Å². The Bertz CT molecular complexity index is 2260. The molecule has 7 rings (SSSR count). The molecular weight excluding hydrogens is 841 g/mol. The summed E-state index contributed by atoms with van der Waals surface area (Å²) in [5.41, 5.74) is 6.25. The highest BCUT2D eigenvalue weighted by Crippen LogP contribution is 2.50. The van der Waals surface area contributed by atoms with Crippen LogP contribution in [0.4, 0.5) is 0 Å². The zero-order valence-corrected chi connectivity index (χ0v) is 42.0. The number of thiophene rings is 6. The Morgan fingerprint density at radius 1 is 0.367 bits per heavy atom. The van der Waals surface area contributed by atoms with Gasteiger partial charge in [-0.2, -0.15) is 0 Å². The van der Waals surface area contributed by atoms with Crippen LogP contribution in [0.2, 0.25) is 0 Å². The van der Waals surface area contributed by atoms with Gasteiger partial charge in [0.2, 0.25) is 0 Å². The fourth-order valence-corrected chi connectivity index (χ4v) is 16.0. The van der Waals surface area contributed by atoms with E-state index in [1.54, 1.807) is 22.3 Å². The molecule has 0 atom stereocenters. The zero-order chi connectivity index (χ0) is 41.7. The van der Waals surface area contributed by atoms with Crippen molar-refractivity contribution in [3.8, 4) is 48.8 Å². The molecule has 0 aromatic carbocycles. The van der Waals surface area contributed by atoms with Crippen LogP contribution in [0, 0.1) is 6.92 Å². The lowest BCUT2D eigenvalue weighted by Gasteiger charge is -2.03. The highest BCUT2D eigenvalue weighted by molar-refractivity contribution is 7.30. The molecule has 0 aliphatic heterocycles. The summed E-state index contributed by atoms with van der Waals surface area (Å²) in [6.07, 6.45) is 34.8. The van der Waals surface area contributed by atoms with E-state index in [4.69, 9.17) is 0 Å². The molecule has 0 saturated heterocycles. The molecule has 0 spiro atoms. The summed E-state index contributed by atoms with van der Waals surface area (Å²) in [7, 11) is 0. The number of unbranched alkanes of at least 4 members (excludes halogenated alkanes) is 12. The minimum absolute atomic E-state index is 0.429. The number of rotatable bonds is 26. The number of hydrogen-bond donors (Lipinski definition) is 0. The molecule has 0 radical (unpaired) electrons. The topological polar surface area (TPSA) is 0 Å². The molecule has 6 aromatic rings. The first-order valence-corrected chi connectivity index (χ1v) is 28.4. The second kappa shape index (κ2) is 23.4. The largest absolute Gasteiger partial charge is 0.139 e. The molecule has 0 amide bonds. The van der Waals surface area contributed by atoms with E-state index in [0.717, 1.165) is 0 Å². The van der Waals surface area contributed by atoms with Crippen molar-refractivity contribution < 1.29 is 0 Å². The molecule has 0 saturated carbocycles. The van der Waals surface area contributed by atoms with Crippen LogP contribution < -0.4 is 0 Å². The third kappa shape index (κ3) is 11.8. The van der Waals surface area contributed by atoms with Crippen LogP contribution in [-0.4, -0.2) is 0 Å². The SMILES string of the molecule is CCCCCCc1cc(C)sc1-c1ccc(-c2sc(-c3cc(CCCCCC)c(-c4ccc(-c5sc(C6C=CC=C6)cc5CCCCCC)s4)s3)cc2CCCCCC)s1. The Hall–Kier alpha value is -2.32. The van der Waals surface area contributed by atoms with E-state index in [-0.39, 0.29) is 0 Å². The Balaban J connectivity index is 1.21. The van der Waals surface area contributed by atoms with Gasteiger partial charge in [-0.25, -0.2) is 0 Å². The lowest BCUT2D eigenvalue weighted by atomic mass is 10.0. The Kier molecular flexibility index (Phi) is 17.8. The zero-order valence-electron chi connectivity index (χ0n) is 37.1. The lowest BCUT2D eigenvalue weighted by molar-refractivity contribution is 0.668. The first-order valence-electron chi connectivity index (χ1n) is 23.5. The van der Waals surface area contributed by atoms with Crippen LogP contribution in [0.1, 0.15) is 168 Å². The minimum atomic E-state index is 0.429. The van der Waals surface area contributed by atoms with Gasteiger partial charge in [-0.1, -0.05) is 129 Å². The van der Waals surface area contributed by atoms with Crippen molar-refractivity contribution in [1.29, 1.82) is 0 Å². The third-order valence-electron chi connectivity index (χ3n) is 12.0. The molecular formula is C54H68S6. The van der Waals surface area contributed by atoms with Gasteiger partial charge in [0.1, 0.15) is 0 Å². The maximum atomic E-state index is 2.60. The Morgan fingerprint density at radius 2 is 0.733 bits per heavy atom. The van der Waals surface area contributed by atoms with Crippen molar-refractivity contribution in [3.05, 3.63) is 105 Å². The summed E-state index contributed by atoms with van der Waals surface area (Å²) < 4.78 is 0. The average Bonchev–Trinajstić information content (AvgIpc) is 4.11. The maximum Gasteiger partial charge on any atom is 0.0481 e.